The lowest BCUT2D eigenvalue weighted by Crippen LogP contribution is -2.27. The van der Waals surface area contributed by atoms with Gasteiger partial charge in [0, 0.05) is 6.42 Å². The maximum Gasteiger partial charge on any atom is 0.272 e. The maximum atomic E-state index is 13.0. The molecule has 0 radical (unpaired) electrons. The second-order valence-electron chi connectivity index (χ2n) is 3.70. The van der Waals surface area contributed by atoms with Crippen LogP contribution in [0.5, 0.6) is 5.75 Å². The second kappa shape index (κ2) is 3.15. The first-order chi connectivity index (χ1) is 6.90. The quantitative estimate of drug-likeness (QED) is 0.902. The van der Waals surface area contributed by atoms with Crippen LogP contribution in [0.25, 0.3) is 0 Å². The molecule has 1 saturated carbocycles. The molecule has 0 aromatic heterocycles. The monoisotopic (exact) mass is 277 g/mol. The number of halogens is 3. The summed E-state index contributed by atoms with van der Waals surface area (Å²) in [7, 11) is 1.48. The van der Waals surface area contributed by atoms with Crippen molar-refractivity contribution in [3.05, 3.63) is 28.2 Å². The van der Waals surface area contributed by atoms with E-state index >= 15 is 0 Å². The van der Waals surface area contributed by atoms with Crippen LogP contribution in [0.4, 0.5) is 8.78 Å². The van der Waals surface area contributed by atoms with Gasteiger partial charge in [-0.1, -0.05) is 6.07 Å². The molecule has 2 N–H and O–H groups in total. The predicted molar refractivity (Wildman–Crippen MR) is 56.1 cm³/mol. The molecule has 1 fully saturated rings. The van der Waals surface area contributed by atoms with Gasteiger partial charge < -0.3 is 10.5 Å². The molecule has 0 spiro atoms. The molecular formula is C10H10BrF2NO. The molecule has 0 bridgehead atoms. The molecule has 1 aromatic carbocycles. The minimum absolute atomic E-state index is 0.301. The largest absolute Gasteiger partial charge is 0.496 e. The third-order valence-electron chi connectivity index (χ3n) is 2.69. The minimum Gasteiger partial charge on any atom is -0.496 e. The highest BCUT2D eigenvalue weighted by Gasteiger charge is 2.70. The van der Waals surface area contributed by atoms with E-state index in [1.807, 2.05) is 0 Å². The van der Waals surface area contributed by atoms with Crippen molar-refractivity contribution in [2.24, 2.45) is 5.73 Å². The van der Waals surface area contributed by atoms with Gasteiger partial charge in [0.1, 0.15) is 11.3 Å². The van der Waals surface area contributed by atoms with E-state index in [0.717, 1.165) is 4.47 Å². The fourth-order valence-corrected chi connectivity index (χ4v) is 1.97. The van der Waals surface area contributed by atoms with Crippen LogP contribution in [0, 0.1) is 0 Å². The van der Waals surface area contributed by atoms with Gasteiger partial charge in [0.15, 0.2) is 0 Å². The van der Waals surface area contributed by atoms with E-state index in [9.17, 15) is 8.78 Å². The van der Waals surface area contributed by atoms with Crippen LogP contribution in [0.3, 0.4) is 0 Å². The number of ether oxygens (including phenoxy) is 1. The smallest absolute Gasteiger partial charge is 0.272 e. The average molecular weight is 278 g/mol. The Kier molecular flexibility index (Phi) is 2.28. The van der Waals surface area contributed by atoms with E-state index in [4.69, 9.17) is 10.5 Å². The lowest BCUT2D eigenvalue weighted by atomic mass is 10.1. The number of hydrogen-bond acceptors (Lipinski definition) is 2. The van der Waals surface area contributed by atoms with E-state index in [1.54, 1.807) is 18.2 Å². The second-order valence-corrected chi connectivity index (χ2v) is 4.56. The number of nitrogens with two attached hydrogens (primary N) is 1. The van der Waals surface area contributed by atoms with Crippen molar-refractivity contribution in [1.29, 1.82) is 0 Å². The molecule has 0 aliphatic heterocycles. The Morgan fingerprint density at radius 3 is 2.53 bits per heavy atom. The lowest BCUT2D eigenvalue weighted by Gasteiger charge is -2.12. The van der Waals surface area contributed by atoms with E-state index in [2.05, 4.69) is 15.9 Å². The number of rotatable bonds is 2. The topological polar surface area (TPSA) is 35.2 Å². The summed E-state index contributed by atoms with van der Waals surface area (Å²) >= 11 is 3.25. The predicted octanol–water partition coefficient (Wildman–Crippen LogP) is 2.65. The molecule has 82 valence electrons. The summed E-state index contributed by atoms with van der Waals surface area (Å²) in [5.74, 6) is -2.29. The lowest BCUT2D eigenvalue weighted by molar-refractivity contribution is 0.0891. The standard InChI is InChI=1S/C10H10BrF2NO/c1-15-8-4-6(2-3-7(8)11)9(14)5-10(9,12)13/h2-4H,5,14H2,1H3. The zero-order valence-corrected chi connectivity index (χ0v) is 9.64. The van der Waals surface area contributed by atoms with Gasteiger partial charge in [0.25, 0.3) is 5.92 Å². The normalized spacial score (nSPS) is 27.5. The van der Waals surface area contributed by atoms with Crippen LogP contribution >= 0.6 is 15.9 Å². The molecular weight excluding hydrogens is 268 g/mol. The summed E-state index contributed by atoms with van der Waals surface area (Å²) in [6.07, 6.45) is -0.301. The summed E-state index contributed by atoms with van der Waals surface area (Å²) in [6.45, 7) is 0. The molecule has 15 heavy (non-hydrogen) atoms. The van der Waals surface area contributed by atoms with Gasteiger partial charge in [0.2, 0.25) is 0 Å². The SMILES string of the molecule is COc1cc(C2(N)CC2(F)F)ccc1Br. The van der Waals surface area contributed by atoms with E-state index in [-0.39, 0.29) is 6.42 Å². The van der Waals surface area contributed by atoms with Crippen molar-refractivity contribution >= 4 is 15.9 Å². The molecule has 0 heterocycles. The third kappa shape index (κ3) is 1.54. The van der Waals surface area contributed by atoms with E-state index in [1.165, 1.54) is 7.11 Å². The highest BCUT2D eigenvalue weighted by atomic mass is 79.9. The van der Waals surface area contributed by atoms with Gasteiger partial charge in [-0.15, -0.1) is 0 Å². The van der Waals surface area contributed by atoms with E-state index in [0.29, 0.717) is 11.3 Å². The van der Waals surface area contributed by atoms with Crippen molar-refractivity contribution < 1.29 is 13.5 Å². The Bertz CT molecular complexity index is 410. The highest BCUT2D eigenvalue weighted by Crippen LogP contribution is 2.58. The minimum atomic E-state index is -2.80. The molecule has 1 aliphatic rings. The zero-order valence-electron chi connectivity index (χ0n) is 8.06. The number of alkyl halides is 2. The first kappa shape index (κ1) is 10.8. The summed E-state index contributed by atoms with van der Waals surface area (Å²) in [6, 6.07) is 4.80. The van der Waals surface area contributed by atoms with Gasteiger partial charge in [-0.05, 0) is 33.6 Å². The van der Waals surface area contributed by atoms with Crippen LogP contribution in [0.15, 0.2) is 22.7 Å². The van der Waals surface area contributed by atoms with Crippen molar-refractivity contribution in [3.63, 3.8) is 0 Å². The summed E-state index contributed by atoms with van der Waals surface area (Å²) in [4.78, 5) is 0. The maximum absolute atomic E-state index is 13.0. The Balaban J connectivity index is 2.40. The van der Waals surface area contributed by atoms with Gasteiger partial charge in [0.05, 0.1) is 11.6 Å². The number of hydrogen-bond donors (Lipinski definition) is 1. The average Bonchev–Trinajstić information content (AvgIpc) is 2.68. The van der Waals surface area contributed by atoms with Gasteiger partial charge in [-0.2, -0.15) is 0 Å². The number of benzene rings is 1. The molecule has 1 aliphatic carbocycles. The molecule has 0 amide bonds. The van der Waals surface area contributed by atoms with Crippen LogP contribution in [-0.2, 0) is 5.54 Å². The van der Waals surface area contributed by atoms with Gasteiger partial charge in [-0.25, -0.2) is 8.78 Å². The van der Waals surface area contributed by atoms with E-state index < -0.39 is 11.5 Å². The molecule has 1 atom stereocenters. The summed E-state index contributed by atoms with van der Waals surface area (Å²) in [5.41, 5.74) is 4.50. The Morgan fingerprint density at radius 2 is 2.07 bits per heavy atom. The molecule has 5 heteroatoms. The van der Waals surface area contributed by atoms with Crippen LogP contribution in [0.1, 0.15) is 12.0 Å². The fraction of sp³-hybridized carbons (Fsp3) is 0.400. The van der Waals surface area contributed by atoms with Crippen molar-refractivity contribution in [2.75, 3.05) is 7.11 Å². The Hall–Kier alpha value is -0.680. The molecule has 2 nitrogen and oxygen atoms in total. The Labute approximate surface area is 94.5 Å². The van der Waals surface area contributed by atoms with Crippen molar-refractivity contribution in [2.45, 2.75) is 17.9 Å². The first-order valence-corrected chi connectivity index (χ1v) is 5.21. The summed E-state index contributed by atoms with van der Waals surface area (Å²) < 4.78 is 31.8. The van der Waals surface area contributed by atoms with Crippen LogP contribution < -0.4 is 10.5 Å². The van der Waals surface area contributed by atoms with Gasteiger partial charge in [-0.3, -0.25) is 0 Å². The molecule has 1 aromatic rings. The van der Waals surface area contributed by atoms with Crippen molar-refractivity contribution in [3.8, 4) is 5.75 Å². The zero-order chi connectivity index (χ0) is 11.3. The first-order valence-electron chi connectivity index (χ1n) is 4.41. The molecule has 2 rings (SSSR count). The Morgan fingerprint density at radius 1 is 1.47 bits per heavy atom. The van der Waals surface area contributed by atoms with Crippen molar-refractivity contribution in [1.82, 2.24) is 0 Å². The van der Waals surface area contributed by atoms with Crippen LogP contribution in [0.2, 0.25) is 0 Å². The molecule has 1 unspecified atom stereocenters. The molecule has 0 saturated heterocycles. The fourth-order valence-electron chi connectivity index (χ4n) is 1.56. The van der Waals surface area contributed by atoms with Crippen LogP contribution in [-0.4, -0.2) is 13.0 Å². The highest BCUT2D eigenvalue weighted by molar-refractivity contribution is 9.10. The summed E-state index contributed by atoms with van der Waals surface area (Å²) in [5, 5.41) is 0. The number of methoxy groups -OCH3 is 1. The van der Waals surface area contributed by atoms with Gasteiger partial charge >= 0.3 is 0 Å². The third-order valence-corrected chi connectivity index (χ3v) is 3.35.